The topological polar surface area (TPSA) is 79.6 Å². The maximum atomic E-state index is 16.2. The van der Waals surface area contributed by atoms with Crippen LogP contribution in [-0.4, -0.2) is 15.0 Å². The Morgan fingerprint density at radius 2 is 1.81 bits per heavy atom. The van der Waals surface area contributed by atoms with Gasteiger partial charge in [0.1, 0.15) is 11.5 Å². The van der Waals surface area contributed by atoms with Crippen molar-refractivity contribution >= 4 is 39.4 Å². The second-order valence-electron chi connectivity index (χ2n) is 9.53. The Kier molecular flexibility index (Phi) is 9.35. The number of aryl methyl sites for hydroxylation is 2. The average molecular weight is 576 g/mol. The molecule has 0 aliphatic carbocycles. The molecule has 0 saturated carbocycles. The van der Waals surface area contributed by atoms with Crippen LogP contribution >= 0.6 is 11.3 Å². The summed E-state index contributed by atoms with van der Waals surface area (Å²) >= 11 is 1.66. The molecule has 7 heteroatoms. The van der Waals surface area contributed by atoms with Crippen molar-refractivity contribution in [2.75, 3.05) is 5.73 Å². The van der Waals surface area contributed by atoms with E-state index in [1.165, 1.54) is 11.1 Å². The highest BCUT2D eigenvalue weighted by Crippen LogP contribution is 2.35. The van der Waals surface area contributed by atoms with E-state index in [0.29, 0.717) is 28.4 Å². The standard InChI is InChI=1S/C35H34FN5S/c1-8-14-28(30-18-17-21(4)42-30)33-24(7)40-35(41-33)22(5)31-29(37)20-38-34(32(31)36)25(9-2)19-27(10-3)39-23(6)26-15-12-11-13-16-26/h8-20,39H,1,3,5-6,37H2,2,4,7H3,(H,40,41)/b25-9+,27-19+,28-14-. The molecule has 0 aliphatic rings. The van der Waals surface area contributed by atoms with Gasteiger partial charge in [0.2, 0.25) is 0 Å². The number of H-pyrrole nitrogens is 1. The van der Waals surface area contributed by atoms with Crippen LogP contribution in [-0.2, 0) is 0 Å². The number of nitrogen functional groups attached to an aromatic ring is 1. The number of anilines is 1. The van der Waals surface area contributed by atoms with Crippen LogP contribution in [0.25, 0.3) is 22.4 Å². The summed E-state index contributed by atoms with van der Waals surface area (Å²) < 4.78 is 16.2. The van der Waals surface area contributed by atoms with Crippen LogP contribution in [0.3, 0.4) is 0 Å². The minimum atomic E-state index is -0.596. The van der Waals surface area contributed by atoms with Gasteiger partial charge in [0.05, 0.1) is 17.6 Å². The highest BCUT2D eigenvalue weighted by atomic mass is 32.1. The van der Waals surface area contributed by atoms with E-state index in [0.717, 1.165) is 27.4 Å². The third-order valence-electron chi connectivity index (χ3n) is 6.60. The molecule has 4 N–H and O–H groups in total. The summed E-state index contributed by atoms with van der Waals surface area (Å²) in [6, 6.07) is 13.8. The molecular formula is C35H34FN5S. The van der Waals surface area contributed by atoms with Gasteiger partial charge in [-0.1, -0.05) is 74.9 Å². The quantitative estimate of drug-likeness (QED) is 0.156. The van der Waals surface area contributed by atoms with Crippen molar-refractivity contribution in [3.05, 3.63) is 161 Å². The van der Waals surface area contributed by atoms with Crippen molar-refractivity contribution in [1.29, 1.82) is 0 Å². The zero-order chi connectivity index (χ0) is 30.4. The smallest absolute Gasteiger partial charge is 0.159 e. The number of imidazole rings is 1. The summed E-state index contributed by atoms with van der Waals surface area (Å²) in [6.07, 6.45) is 10.3. The van der Waals surface area contributed by atoms with E-state index < -0.39 is 5.82 Å². The predicted octanol–water partition coefficient (Wildman–Crippen LogP) is 8.62. The Balaban J connectivity index is 1.70. The fraction of sp³-hybridized carbons (Fsp3) is 0.0857. The molecule has 212 valence electrons. The van der Waals surface area contributed by atoms with Crippen molar-refractivity contribution in [3.63, 3.8) is 0 Å². The number of halogens is 1. The first-order valence-corrected chi connectivity index (χ1v) is 14.1. The number of nitrogens with two attached hydrogens (primary N) is 1. The van der Waals surface area contributed by atoms with Crippen molar-refractivity contribution in [1.82, 2.24) is 20.3 Å². The summed E-state index contributed by atoms with van der Waals surface area (Å²) in [5.74, 6) is -0.181. The molecule has 1 aromatic carbocycles. The van der Waals surface area contributed by atoms with E-state index in [2.05, 4.69) is 60.7 Å². The monoisotopic (exact) mass is 575 g/mol. The minimum absolute atomic E-state index is 0.124. The molecule has 5 nitrogen and oxygen atoms in total. The van der Waals surface area contributed by atoms with Gasteiger partial charge >= 0.3 is 0 Å². The second-order valence-corrected chi connectivity index (χ2v) is 10.8. The third kappa shape index (κ3) is 6.32. The summed E-state index contributed by atoms with van der Waals surface area (Å²) in [7, 11) is 0. The Hall–Kier alpha value is -5.01. The molecule has 4 aromatic rings. The summed E-state index contributed by atoms with van der Waals surface area (Å²) in [5, 5.41) is 3.25. The van der Waals surface area contributed by atoms with E-state index in [9.17, 15) is 0 Å². The van der Waals surface area contributed by atoms with E-state index >= 15 is 4.39 Å². The van der Waals surface area contributed by atoms with Crippen molar-refractivity contribution in [3.8, 4) is 0 Å². The van der Waals surface area contributed by atoms with Gasteiger partial charge in [-0.2, -0.15) is 0 Å². The molecule has 0 saturated heterocycles. The number of hydrogen-bond acceptors (Lipinski definition) is 5. The number of pyridine rings is 1. The number of hydrogen-bond donors (Lipinski definition) is 3. The van der Waals surface area contributed by atoms with Crippen LogP contribution < -0.4 is 11.1 Å². The van der Waals surface area contributed by atoms with Crippen LogP contribution in [0.4, 0.5) is 10.1 Å². The Morgan fingerprint density at radius 3 is 2.43 bits per heavy atom. The minimum Gasteiger partial charge on any atom is -0.397 e. The van der Waals surface area contributed by atoms with Crippen molar-refractivity contribution in [2.45, 2.75) is 20.8 Å². The first-order valence-electron chi connectivity index (χ1n) is 13.3. The van der Waals surface area contributed by atoms with E-state index in [1.807, 2.05) is 50.3 Å². The highest BCUT2D eigenvalue weighted by molar-refractivity contribution is 7.13. The van der Waals surface area contributed by atoms with Crippen molar-refractivity contribution < 1.29 is 4.39 Å². The fourth-order valence-corrected chi connectivity index (χ4v) is 5.35. The molecular weight excluding hydrogens is 541 g/mol. The molecule has 42 heavy (non-hydrogen) atoms. The molecule has 3 aromatic heterocycles. The number of thiophene rings is 1. The zero-order valence-electron chi connectivity index (χ0n) is 24.1. The van der Waals surface area contributed by atoms with Crippen LogP contribution in [0.5, 0.6) is 0 Å². The zero-order valence-corrected chi connectivity index (χ0v) is 24.9. The van der Waals surface area contributed by atoms with E-state index in [4.69, 9.17) is 10.7 Å². The van der Waals surface area contributed by atoms with Crippen LogP contribution in [0, 0.1) is 19.7 Å². The lowest BCUT2D eigenvalue weighted by Gasteiger charge is -2.14. The van der Waals surface area contributed by atoms with Gasteiger partial charge in [0, 0.05) is 49.1 Å². The number of benzene rings is 1. The summed E-state index contributed by atoms with van der Waals surface area (Å²) in [5.41, 5.74) is 12.3. The molecule has 3 heterocycles. The molecule has 0 unspecified atom stereocenters. The number of rotatable bonds is 11. The van der Waals surface area contributed by atoms with Gasteiger partial charge in [-0.05, 0) is 50.6 Å². The molecule has 0 bridgehead atoms. The molecule has 0 aliphatic heterocycles. The largest absolute Gasteiger partial charge is 0.397 e. The second kappa shape index (κ2) is 13.1. The highest BCUT2D eigenvalue weighted by Gasteiger charge is 2.22. The van der Waals surface area contributed by atoms with Gasteiger partial charge in [-0.25, -0.2) is 9.37 Å². The van der Waals surface area contributed by atoms with Crippen LogP contribution in [0.15, 0.2) is 111 Å². The molecule has 0 amide bonds. The van der Waals surface area contributed by atoms with E-state index in [1.54, 1.807) is 35.6 Å². The Morgan fingerprint density at radius 1 is 1.07 bits per heavy atom. The van der Waals surface area contributed by atoms with Crippen LogP contribution in [0.2, 0.25) is 0 Å². The summed E-state index contributed by atoms with van der Waals surface area (Å²) in [6.45, 7) is 21.8. The fourth-order valence-electron chi connectivity index (χ4n) is 4.45. The average Bonchev–Trinajstić information content (AvgIpc) is 3.60. The number of nitrogens with zero attached hydrogens (tertiary/aromatic N) is 2. The Labute approximate surface area is 250 Å². The lowest BCUT2D eigenvalue weighted by atomic mass is 10.0. The lowest BCUT2D eigenvalue weighted by molar-refractivity contribution is 0.614. The van der Waals surface area contributed by atoms with Gasteiger partial charge in [-0.3, -0.25) is 4.98 Å². The van der Waals surface area contributed by atoms with Gasteiger partial charge in [-0.15, -0.1) is 11.3 Å². The molecule has 4 rings (SSSR count). The number of aromatic amines is 1. The van der Waals surface area contributed by atoms with E-state index in [-0.39, 0.29) is 16.9 Å². The first kappa shape index (κ1) is 30.0. The maximum absolute atomic E-state index is 16.2. The van der Waals surface area contributed by atoms with Crippen LogP contribution in [0.1, 0.15) is 50.7 Å². The molecule has 0 spiro atoms. The molecule has 0 atom stereocenters. The lowest BCUT2D eigenvalue weighted by Crippen LogP contribution is -2.10. The van der Waals surface area contributed by atoms with Crippen molar-refractivity contribution in [2.24, 2.45) is 0 Å². The Bertz CT molecular complexity index is 1770. The third-order valence-corrected chi connectivity index (χ3v) is 7.63. The number of nitrogens with one attached hydrogen (secondary N) is 2. The van der Waals surface area contributed by atoms with Gasteiger partial charge < -0.3 is 16.0 Å². The van der Waals surface area contributed by atoms with Gasteiger partial charge in [0.15, 0.2) is 5.82 Å². The molecule has 0 radical (unpaired) electrons. The maximum Gasteiger partial charge on any atom is 0.159 e. The molecule has 0 fully saturated rings. The first-order chi connectivity index (χ1) is 20.2. The summed E-state index contributed by atoms with van der Waals surface area (Å²) in [4.78, 5) is 14.7. The number of aromatic nitrogens is 3. The predicted molar refractivity (Wildman–Crippen MR) is 177 cm³/mol. The SMILES string of the molecule is C=C/C=C(/c1ccc(C)s1)c1nc(C(=C)c2c(N)cnc(C(/C=C(\C=C)NC(=C)c3ccccc3)=C/C)c2F)[nH]c1C. The van der Waals surface area contributed by atoms with Gasteiger partial charge in [0.25, 0.3) is 0 Å². The normalized spacial score (nSPS) is 12.2. The number of allylic oxidation sites excluding steroid dienone is 6.